The Bertz CT molecular complexity index is 403. The normalized spacial score (nSPS) is 20.4. The first-order chi connectivity index (χ1) is 9.66. The lowest BCUT2D eigenvalue weighted by Crippen LogP contribution is -2.22. The van der Waals surface area contributed by atoms with Crippen LogP contribution >= 0.6 is 11.3 Å². The maximum Gasteiger partial charge on any atom is 0.0900 e. The highest BCUT2D eigenvalue weighted by atomic mass is 32.1. The third-order valence-electron chi connectivity index (χ3n) is 3.59. The highest BCUT2D eigenvalue weighted by molar-refractivity contribution is 7.11. The monoisotopic (exact) mass is 298 g/mol. The van der Waals surface area contributed by atoms with Crippen molar-refractivity contribution in [2.24, 2.45) is 0 Å². The lowest BCUT2D eigenvalue weighted by molar-refractivity contribution is 0.0165. The van der Waals surface area contributed by atoms with Gasteiger partial charge in [-0.2, -0.15) is 0 Å². The lowest BCUT2D eigenvalue weighted by Gasteiger charge is -2.13. The molecule has 1 aromatic rings. The summed E-state index contributed by atoms with van der Waals surface area (Å²) in [5, 5.41) is 4.66. The van der Waals surface area contributed by atoms with E-state index in [1.807, 2.05) is 0 Å². The van der Waals surface area contributed by atoms with E-state index in [0.29, 0.717) is 12.1 Å². The van der Waals surface area contributed by atoms with E-state index < -0.39 is 0 Å². The van der Waals surface area contributed by atoms with Gasteiger partial charge in [-0.3, -0.25) is 0 Å². The van der Waals surface area contributed by atoms with E-state index >= 15 is 0 Å². The second-order valence-electron chi connectivity index (χ2n) is 5.41. The molecule has 0 radical (unpaired) electrons. The zero-order chi connectivity index (χ0) is 14.4. The van der Waals surface area contributed by atoms with Gasteiger partial charge in [-0.1, -0.05) is 0 Å². The van der Waals surface area contributed by atoms with Crippen LogP contribution in [-0.2, 0) is 9.47 Å². The number of thiazole rings is 1. The minimum atomic E-state index is 0.318. The van der Waals surface area contributed by atoms with Crippen LogP contribution < -0.4 is 5.32 Å². The molecule has 0 amide bonds. The fraction of sp³-hybridized carbons (Fsp3) is 0.800. The van der Waals surface area contributed by atoms with Crippen LogP contribution in [0.4, 0.5) is 0 Å². The molecule has 5 heteroatoms. The highest BCUT2D eigenvalue weighted by Crippen LogP contribution is 2.22. The Balaban J connectivity index is 1.55. The molecule has 1 aliphatic heterocycles. The van der Waals surface area contributed by atoms with Crippen molar-refractivity contribution < 1.29 is 9.47 Å². The van der Waals surface area contributed by atoms with Crippen LogP contribution in [0.25, 0.3) is 0 Å². The van der Waals surface area contributed by atoms with E-state index in [1.54, 1.807) is 11.3 Å². The second-order valence-corrected chi connectivity index (χ2v) is 6.82. The van der Waals surface area contributed by atoms with Gasteiger partial charge < -0.3 is 14.8 Å². The molecule has 0 aromatic carbocycles. The first-order valence-electron chi connectivity index (χ1n) is 7.53. The van der Waals surface area contributed by atoms with Gasteiger partial charge in [0.2, 0.25) is 0 Å². The molecule has 1 aromatic heterocycles. The van der Waals surface area contributed by atoms with Gasteiger partial charge in [0.25, 0.3) is 0 Å². The van der Waals surface area contributed by atoms with Gasteiger partial charge in [0, 0.05) is 24.1 Å². The SMILES string of the molecule is Cc1nc(C(C)NCCCOCC2CCCO2)c(C)s1. The van der Waals surface area contributed by atoms with E-state index in [9.17, 15) is 0 Å². The number of ether oxygens (including phenoxy) is 2. The minimum Gasteiger partial charge on any atom is -0.379 e. The zero-order valence-corrected chi connectivity index (χ0v) is 13.6. The number of hydrogen-bond donors (Lipinski definition) is 1. The number of nitrogens with zero attached hydrogens (tertiary/aromatic N) is 1. The van der Waals surface area contributed by atoms with Gasteiger partial charge in [0.15, 0.2) is 0 Å². The molecular weight excluding hydrogens is 272 g/mol. The van der Waals surface area contributed by atoms with E-state index in [2.05, 4.69) is 31.1 Å². The molecule has 114 valence electrons. The fourth-order valence-electron chi connectivity index (χ4n) is 2.53. The average molecular weight is 298 g/mol. The first kappa shape index (κ1) is 15.9. The zero-order valence-electron chi connectivity index (χ0n) is 12.8. The van der Waals surface area contributed by atoms with Gasteiger partial charge in [0.1, 0.15) is 0 Å². The summed E-state index contributed by atoms with van der Waals surface area (Å²) in [5.74, 6) is 0. The minimum absolute atomic E-state index is 0.318. The van der Waals surface area contributed by atoms with Crippen molar-refractivity contribution in [3.8, 4) is 0 Å². The Kier molecular flexibility index (Phi) is 6.42. The third-order valence-corrected chi connectivity index (χ3v) is 4.50. The molecule has 0 bridgehead atoms. The summed E-state index contributed by atoms with van der Waals surface area (Å²) in [7, 11) is 0. The summed E-state index contributed by atoms with van der Waals surface area (Å²) in [5.41, 5.74) is 1.19. The number of aromatic nitrogens is 1. The van der Waals surface area contributed by atoms with E-state index in [0.717, 1.165) is 44.2 Å². The maximum atomic E-state index is 5.65. The predicted molar refractivity (Wildman–Crippen MR) is 82.4 cm³/mol. The lowest BCUT2D eigenvalue weighted by atomic mass is 10.2. The number of aryl methyl sites for hydroxylation is 2. The molecule has 2 unspecified atom stereocenters. The summed E-state index contributed by atoms with van der Waals surface area (Å²) >= 11 is 1.77. The summed E-state index contributed by atoms with van der Waals surface area (Å²) in [6, 6.07) is 0.318. The predicted octanol–water partition coefficient (Wildman–Crippen LogP) is 3.00. The van der Waals surface area contributed by atoms with Crippen LogP contribution in [-0.4, -0.2) is 37.5 Å². The largest absolute Gasteiger partial charge is 0.379 e. The molecule has 0 saturated carbocycles. The van der Waals surface area contributed by atoms with Crippen molar-refractivity contribution in [2.75, 3.05) is 26.4 Å². The van der Waals surface area contributed by atoms with E-state index in [-0.39, 0.29) is 0 Å². The average Bonchev–Trinajstić information content (AvgIpc) is 3.03. The summed E-state index contributed by atoms with van der Waals surface area (Å²) in [6.07, 6.45) is 3.69. The fourth-order valence-corrected chi connectivity index (χ4v) is 3.44. The maximum absolute atomic E-state index is 5.65. The smallest absolute Gasteiger partial charge is 0.0900 e. The van der Waals surface area contributed by atoms with Gasteiger partial charge in [-0.25, -0.2) is 4.98 Å². The van der Waals surface area contributed by atoms with Crippen molar-refractivity contribution in [3.63, 3.8) is 0 Å². The molecule has 1 saturated heterocycles. The van der Waals surface area contributed by atoms with E-state index in [1.165, 1.54) is 17.0 Å². The number of nitrogens with one attached hydrogen (secondary N) is 1. The van der Waals surface area contributed by atoms with Crippen molar-refractivity contribution in [1.82, 2.24) is 10.3 Å². The molecular formula is C15H26N2O2S. The quantitative estimate of drug-likeness (QED) is 0.749. The van der Waals surface area contributed by atoms with Crippen LogP contribution in [0.2, 0.25) is 0 Å². The van der Waals surface area contributed by atoms with Crippen LogP contribution in [0, 0.1) is 13.8 Å². The van der Waals surface area contributed by atoms with Crippen LogP contribution in [0.1, 0.15) is 47.8 Å². The van der Waals surface area contributed by atoms with Crippen LogP contribution in [0.15, 0.2) is 0 Å². The Morgan fingerprint density at radius 2 is 2.35 bits per heavy atom. The van der Waals surface area contributed by atoms with Gasteiger partial charge >= 0.3 is 0 Å². The molecule has 1 aliphatic rings. The van der Waals surface area contributed by atoms with Crippen LogP contribution in [0.3, 0.4) is 0 Å². The van der Waals surface area contributed by atoms with Crippen molar-refractivity contribution >= 4 is 11.3 Å². The Morgan fingerprint density at radius 3 is 3.00 bits per heavy atom. The Hall–Kier alpha value is -0.490. The third kappa shape index (κ3) is 4.81. The number of hydrogen-bond acceptors (Lipinski definition) is 5. The van der Waals surface area contributed by atoms with Crippen LogP contribution in [0.5, 0.6) is 0 Å². The van der Waals surface area contributed by atoms with Crippen molar-refractivity contribution in [1.29, 1.82) is 0 Å². The molecule has 1 N–H and O–H groups in total. The Labute approximate surface area is 125 Å². The van der Waals surface area contributed by atoms with Gasteiger partial charge in [-0.15, -0.1) is 11.3 Å². The first-order valence-corrected chi connectivity index (χ1v) is 8.35. The Morgan fingerprint density at radius 1 is 1.50 bits per heavy atom. The molecule has 0 spiro atoms. The molecule has 1 fully saturated rings. The van der Waals surface area contributed by atoms with Gasteiger partial charge in [0.05, 0.1) is 23.4 Å². The summed E-state index contributed by atoms with van der Waals surface area (Å²) in [6.45, 7) is 9.79. The summed E-state index contributed by atoms with van der Waals surface area (Å²) in [4.78, 5) is 5.90. The highest BCUT2D eigenvalue weighted by Gasteiger charge is 2.15. The van der Waals surface area contributed by atoms with E-state index in [4.69, 9.17) is 9.47 Å². The molecule has 2 atom stereocenters. The second kappa shape index (κ2) is 8.08. The van der Waals surface area contributed by atoms with Gasteiger partial charge in [-0.05, 0) is 46.6 Å². The molecule has 0 aliphatic carbocycles. The number of rotatable bonds is 8. The molecule has 2 heterocycles. The topological polar surface area (TPSA) is 43.4 Å². The standard InChI is InChI=1S/C15H26N2O2S/c1-11(15-12(2)20-13(3)17-15)16-7-5-8-18-10-14-6-4-9-19-14/h11,14,16H,4-10H2,1-3H3. The van der Waals surface area contributed by atoms with Crippen molar-refractivity contribution in [2.45, 2.75) is 52.2 Å². The summed E-state index contributed by atoms with van der Waals surface area (Å²) < 4.78 is 11.2. The molecule has 2 rings (SSSR count). The molecule has 20 heavy (non-hydrogen) atoms. The van der Waals surface area contributed by atoms with Crippen molar-refractivity contribution in [3.05, 3.63) is 15.6 Å². The molecule has 4 nitrogen and oxygen atoms in total.